The zero-order valence-corrected chi connectivity index (χ0v) is 10.9. The molecule has 1 fully saturated rings. The third-order valence-electron chi connectivity index (χ3n) is 3.40. The maximum atomic E-state index is 12.1. The molecule has 1 saturated carbocycles. The van der Waals surface area contributed by atoms with Crippen molar-refractivity contribution >= 4 is 17.5 Å². The van der Waals surface area contributed by atoms with Crippen LogP contribution in [0.15, 0.2) is 24.3 Å². The second-order valence-electron chi connectivity index (χ2n) is 4.70. The molecule has 0 aliphatic heterocycles. The van der Waals surface area contributed by atoms with Gasteiger partial charge in [0.15, 0.2) is 0 Å². The van der Waals surface area contributed by atoms with E-state index in [2.05, 4.69) is 12.2 Å². The molecule has 1 aliphatic rings. The zero-order chi connectivity index (χ0) is 12.3. The molecule has 0 atom stereocenters. The predicted molar refractivity (Wildman–Crippen MR) is 70.3 cm³/mol. The fourth-order valence-electron chi connectivity index (χ4n) is 2.09. The standard InChI is InChI=1S/C14H18ClNO/c1-2-3-10-16-13(17)14(8-9-14)11-4-6-12(15)7-5-11/h4-7H,2-3,8-10H2,1H3,(H,16,17). The van der Waals surface area contributed by atoms with Crippen LogP contribution in [0.1, 0.15) is 38.2 Å². The monoisotopic (exact) mass is 251 g/mol. The lowest BCUT2D eigenvalue weighted by atomic mass is 9.95. The molecule has 1 amide bonds. The predicted octanol–water partition coefficient (Wildman–Crippen LogP) is 3.29. The number of carbonyl (C=O) groups excluding carboxylic acids is 1. The number of nitrogens with one attached hydrogen (secondary N) is 1. The Labute approximate surface area is 107 Å². The lowest BCUT2D eigenvalue weighted by Crippen LogP contribution is -2.35. The van der Waals surface area contributed by atoms with Crippen LogP contribution in [0.3, 0.4) is 0 Å². The summed E-state index contributed by atoms with van der Waals surface area (Å²) in [4.78, 5) is 12.1. The van der Waals surface area contributed by atoms with Gasteiger partial charge >= 0.3 is 0 Å². The van der Waals surface area contributed by atoms with E-state index in [1.54, 1.807) is 0 Å². The Balaban J connectivity index is 2.03. The van der Waals surface area contributed by atoms with Crippen LogP contribution >= 0.6 is 11.6 Å². The first-order valence-electron chi connectivity index (χ1n) is 6.23. The van der Waals surface area contributed by atoms with Gasteiger partial charge in [0.1, 0.15) is 0 Å². The number of carbonyl (C=O) groups is 1. The van der Waals surface area contributed by atoms with Crippen LogP contribution in [0.5, 0.6) is 0 Å². The summed E-state index contributed by atoms with van der Waals surface area (Å²) in [5.74, 6) is 0.174. The van der Waals surface area contributed by atoms with Crippen LogP contribution < -0.4 is 5.32 Å². The first-order chi connectivity index (χ1) is 8.19. The Morgan fingerprint density at radius 1 is 1.35 bits per heavy atom. The summed E-state index contributed by atoms with van der Waals surface area (Å²) >= 11 is 5.86. The van der Waals surface area contributed by atoms with Crippen LogP contribution in [0.4, 0.5) is 0 Å². The minimum atomic E-state index is -0.266. The first kappa shape index (κ1) is 12.4. The maximum Gasteiger partial charge on any atom is 0.230 e. The molecule has 3 heteroatoms. The molecular weight excluding hydrogens is 234 g/mol. The molecular formula is C14H18ClNO. The van der Waals surface area contributed by atoms with Crippen LogP contribution in [0.25, 0.3) is 0 Å². The maximum absolute atomic E-state index is 12.1. The van der Waals surface area contributed by atoms with Crippen molar-refractivity contribution in [1.29, 1.82) is 0 Å². The van der Waals surface area contributed by atoms with Gasteiger partial charge in [0, 0.05) is 11.6 Å². The van der Waals surface area contributed by atoms with Crippen molar-refractivity contribution in [2.75, 3.05) is 6.54 Å². The van der Waals surface area contributed by atoms with Gasteiger partial charge in [-0.25, -0.2) is 0 Å². The SMILES string of the molecule is CCCCNC(=O)C1(c2ccc(Cl)cc2)CC1. The molecule has 0 bridgehead atoms. The van der Waals surface area contributed by atoms with Crippen molar-refractivity contribution < 1.29 is 4.79 Å². The van der Waals surface area contributed by atoms with Crippen molar-refractivity contribution in [1.82, 2.24) is 5.32 Å². The second kappa shape index (κ2) is 5.09. The molecule has 0 saturated heterocycles. The molecule has 1 aromatic rings. The quantitative estimate of drug-likeness (QED) is 0.800. The largest absolute Gasteiger partial charge is 0.355 e. The van der Waals surface area contributed by atoms with Crippen molar-refractivity contribution in [2.45, 2.75) is 38.0 Å². The van der Waals surface area contributed by atoms with Gasteiger partial charge in [0.05, 0.1) is 5.41 Å². The van der Waals surface area contributed by atoms with Crippen LogP contribution in [0.2, 0.25) is 5.02 Å². The van der Waals surface area contributed by atoms with E-state index in [4.69, 9.17) is 11.6 Å². The number of amides is 1. The van der Waals surface area contributed by atoms with Crippen molar-refractivity contribution in [3.8, 4) is 0 Å². The molecule has 0 heterocycles. The van der Waals surface area contributed by atoms with E-state index in [9.17, 15) is 4.79 Å². The van der Waals surface area contributed by atoms with E-state index in [-0.39, 0.29) is 11.3 Å². The highest BCUT2D eigenvalue weighted by Crippen LogP contribution is 2.48. The third kappa shape index (κ3) is 2.63. The van der Waals surface area contributed by atoms with Gasteiger partial charge in [0.25, 0.3) is 0 Å². The molecule has 0 unspecified atom stereocenters. The Hall–Kier alpha value is -1.02. The highest BCUT2D eigenvalue weighted by atomic mass is 35.5. The van der Waals surface area contributed by atoms with E-state index in [1.165, 1.54) is 0 Å². The van der Waals surface area contributed by atoms with Crippen molar-refractivity contribution in [3.05, 3.63) is 34.9 Å². The minimum Gasteiger partial charge on any atom is -0.355 e. The van der Waals surface area contributed by atoms with Gasteiger partial charge < -0.3 is 5.32 Å². The van der Waals surface area contributed by atoms with E-state index >= 15 is 0 Å². The highest BCUT2D eigenvalue weighted by molar-refractivity contribution is 6.30. The number of unbranched alkanes of at least 4 members (excludes halogenated alkanes) is 1. The Bertz CT molecular complexity index is 395. The van der Waals surface area contributed by atoms with Gasteiger partial charge in [-0.2, -0.15) is 0 Å². The summed E-state index contributed by atoms with van der Waals surface area (Å²) in [5, 5.41) is 3.75. The number of hydrogen-bond donors (Lipinski definition) is 1. The smallest absolute Gasteiger partial charge is 0.230 e. The molecule has 0 spiro atoms. The van der Waals surface area contributed by atoms with Gasteiger partial charge in [0.2, 0.25) is 5.91 Å². The Morgan fingerprint density at radius 3 is 2.53 bits per heavy atom. The topological polar surface area (TPSA) is 29.1 Å². The van der Waals surface area contributed by atoms with E-state index in [1.807, 2.05) is 24.3 Å². The fourth-order valence-corrected chi connectivity index (χ4v) is 2.21. The molecule has 2 rings (SSSR count). The van der Waals surface area contributed by atoms with Crippen molar-refractivity contribution in [2.24, 2.45) is 0 Å². The molecule has 0 radical (unpaired) electrons. The molecule has 1 N–H and O–H groups in total. The fraction of sp³-hybridized carbons (Fsp3) is 0.500. The average Bonchev–Trinajstić information content (AvgIpc) is 3.11. The molecule has 1 aliphatic carbocycles. The number of rotatable bonds is 5. The number of benzene rings is 1. The minimum absolute atomic E-state index is 0.174. The van der Waals surface area contributed by atoms with E-state index in [0.717, 1.165) is 42.8 Å². The molecule has 17 heavy (non-hydrogen) atoms. The van der Waals surface area contributed by atoms with Gasteiger partial charge in [-0.15, -0.1) is 0 Å². The molecule has 0 aromatic heterocycles. The second-order valence-corrected chi connectivity index (χ2v) is 5.13. The van der Waals surface area contributed by atoms with Crippen molar-refractivity contribution in [3.63, 3.8) is 0 Å². The summed E-state index contributed by atoms with van der Waals surface area (Å²) in [6, 6.07) is 7.65. The zero-order valence-electron chi connectivity index (χ0n) is 10.1. The summed E-state index contributed by atoms with van der Waals surface area (Å²) < 4.78 is 0. The van der Waals surface area contributed by atoms with E-state index < -0.39 is 0 Å². The summed E-state index contributed by atoms with van der Waals surface area (Å²) in [5.41, 5.74) is 0.828. The Kier molecular flexibility index (Phi) is 3.72. The van der Waals surface area contributed by atoms with Crippen LogP contribution in [-0.4, -0.2) is 12.5 Å². The lowest BCUT2D eigenvalue weighted by molar-refractivity contribution is -0.123. The molecule has 92 valence electrons. The molecule has 2 nitrogen and oxygen atoms in total. The molecule has 1 aromatic carbocycles. The summed E-state index contributed by atoms with van der Waals surface area (Å²) in [6.45, 7) is 2.91. The third-order valence-corrected chi connectivity index (χ3v) is 3.65. The number of halogens is 1. The van der Waals surface area contributed by atoms with Gasteiger partial charge in [-0.05, 0) is 37.0 Å². The van der Waals surface area contributed by atoms with Crippen LogP contribution in [0, 0.1) is 0 Å². The summed E-state index contributed by atoms with van der Waals surface area (Å²) in [6.07, 6.45) is 4.05. The first-order valence-corrected chi connectivity index (χ1v) is 6.61. The summed E-state index contributed by atoms with van der Waals surface area (Å²) in [7, 11) is 0. The van der Waals surface area contributed by atoms with Crippen LogP contribution in [-0.2, 0) is 10.2 Å². The highest BCUT2D eigenvalue weighted by Gasteiger charge is 2.50. The van der Waals surface area contributed by atoms with Gasteiger partial charge in [-0.3, -0.25) is 4.79 Å². The van der Waals surface area contributed by atoms with E-state index in [0.29, 0.717) is 0 Å². The lowest BCUT2D eigenvalue weighted by Gasteiger charge is -2.15. The van der Waals surface area contributed by atoms with Gasteiger partial charge in [-0.1, -0.05) is 37.1 Å². The average molecular weight is 252 g/mol. The Morgan fingerprint density at radius 2 is 2.00 bits per heavy atom. The normalized spacial score (nSPS) is 16.6. The number of hydrogen-bond acceptors (Lipinski definition) is 1.